The van der Waals surface area contributed by atoms with Crippen molar-refractivity contribution >= 4 is 96.7 Å². The predicted octanol–water partition coefficient (Wildman–Crippen LogP) is -4.12. The molecule has 1 nitrogen and oxygen atoms in total. The SMILES string of the molecule is O.[La].[Mn].[PbH2].[SnH4].[SrH2].[Ti].[Zr]. The fourth-order valence-corrected chi connectivity index (χ4v) is 0. The molecule has 2 N–H and O–H groups in total. The normalized spacial score (nSPS) is 0. The second-order valence-corrected chi connectivity index (χ2v) is 0. The van der Waals surface area contributed by atoms with Gasteiger partial charge in [-0.2, -0.15) is 0 Å². The smallest absolute Gasteiger partial charge is 0 e. The van der Waals surface area contributed by atoms with E-state index in [-0.39, 0.29) is 203 Å². The van der Waals surface area contributed by atoms with E-state index in [1.165, 1.54) is 0 Å². The molecule has 0 aliphatic heterocycles. The molecule has 0 aromatic rings. The van der Waals surface area contributed by atoms with E-state index < -0.39 is 0 Å². The summed E-state index contributed by atoms with van der Waals surface area (Å²) in [6.07, 6.45) is 0. The summed E-state index contributed by atoms with van der Waals surface area (Å²) in [5.41, 5.74) is 0. The molecule has 0 aliphatic rings. The molecule has 8 heteroatoms. The van der Waals surface area contributed by atoms with Crippen molar-refractivity contribution < 1.29 is 106 Å². The van der Waals surface area contributed by atoms with Gasteiger partial charge in [-0.25, -0.2) is 0 Å². The topological polar surface area (TPSA) is 31.5 Å². The number of hydrogen-bond acceptors (Lipinski definition) is 0. The minimum absolute atomic E-state index is 0. The Hall–Kier alpha value is 6.47. The van der Waals surface area contributed by atoms with Gasteiger partial charge < -0.3 is 5.48 Å². The molecule has 44 valence electrons. The van der Waals surface area contributed by atoms with Crippen molar-refractivity contribution in [3.63, 3.8) is 0 Å². The average Bonchev–Trinajstić information content (AvgIpc) is 0. The minimum atomic E-state index is 0. The largest absolute Gasteiger partial charge is 0 e. The maximum atomic E-state index is 0. The molecule has 0 aromatic heterocycles. The van der Waals surface area contributed by atoms with Crippen LogP contribution in [0.15, 0.2) is 0 Å². The first-order chi connectivity index (χ1) is 0. The molecule has 0 heterocycles. The zero-order valence-corrected chi connectivity index (χ0v) is 17.5. The Morgan fingerprint density at radius 1 is 1.00 bits per heavy atom. The Kier molecular flexibility index (Phi) is 392. The maximum Gasteiger partial charge on any atom is 0 e. The third kappa shape index (κ3) is 39.2. The first-order valence-corrected chi connectivity index (χ1v) is 0. The third-order valence-electron chi connectivity index (χ3n) is 0. The molecule has 0 saturated carbocycles. The predicted molar refractivity (Wildman–Crippen MR) is 32.0 cm³/mol. The Morgan fingerprint density at radius 2 is 1.00 bits per heavy atom. The Morgan fingerprint density at radius 3 is 1.00 bits per heavy atom. The van der Waals surface area contributed by atoms with Gasteiger partial charge in [0, 0.05) is 101 Å². The summed E-state index contributed by atoms with van der Waals surface area (Å²) in [4.78, 5) is 0. The van der Waals surface area contributed by atoms with E-state index in [1.54, 1.807) is 0 Å². The van der Waals surface area contributed by atoms with Crippen molar-refractivity contribution in [2.75, 3.05) is 0 Å². The van der Waals surface area contributed by atoms with E-state index in [0.717, 1.165) is 0 Å². The Labute approximate surface area is 197 Å². The molecule has 0 rings (SSSR count). The minimum Gasteiger partial charge on any atom is 0 e. The van der Waals surface area contributed by atoms with Gasteiger partial charge in [-0.3, -0.25) is 0 Å². The standard InChI is InChI=1S/La.Mn.H2O.Pb.Sn.Sr.Ti.Zr.8H/h;;1H2;;;;;;;;;;;;;. The van der Waals surface area contributed by atoms with E-state index in [0.29, 0.717) is 0 Å². The van der Waals surface area contributed by atoms with Crippen LogP contribution in [0.25, 0.3) is 0 Å². The van der Waals surface area contributed by atoms with Crippen molar-refractivity contribution in [1.82, 2.24) is 0 Å². The molecule has 0 aliphatic carbocycles. The number of rotatable bonds is 0. The van der Waals surface area contributed by atoms with Crippen molar-refractivity contribution in [1.29, 1.82) is 0 Å². The third-order valence-corrected chi connectivity index (χ3v) is 0. The van der Waals surface area contributed by atoms with Crippen LogP contribution < -0.4 is 0 Å². The van der Waals surface area contributed by atoms with Crippen LogP contribution in [0.3, 0.4) is 0 Å². The molecule has 0 saturated heterocycles. The quantitative estimate of drug-likeness (QED) is 0.225. The summed E-state index contributed by atoms with van der Waals surface area (Å²) >= 11 is 0. The van der Waals surface area contributed by atoms with Crippen LogP contribution in [0.2, 0.25) is 0 Å². The summed E-state index contributed by atoms with van der Waals surface area (Å²) in [5, 5.41) is 0. The fraction of sp³-hybridized carbons (Fsp3) is 0. The second kappa shape index (κ2) is 50.0. The summed E-state index contributed by atoms with van der Waals surface area (Å²) in [6, 6.07) is 0. The van der Waals surface area contributed by atoms with E-state index in [4.69, 9.17) is 0 Å². The van der Waals surface area contributed by atoms with Gasteiger partial charge in [0.25, 0.3) is 0 Å². The van der Waals surface area contributed by atoms with Crippen molar-refractivity contribution in [3.05, 3.63) is 0 Å². The average molecular weight is 773 g/mol. The zero-order valence-electron chi connectivity index (χ0n) is 3.16. The van der Waals surface area contributed by atoms with Gasteiger partial charge in [0.1, 0.15) is 0 Å². The molecule has 0 amide bonds. The summed E-state index contributed by atoms with van der Waals surface area (Å²) < 4.78 is 0. The van der Waals surface area contributed by atoms with Crippen LogP contribution in [0.5, 0.6) is 0 Å². The molecule has 0 spiro atoms. The van der Waals surface area contributed by atoms with E-state index in [2.05, 4.69) is 0 Å². The summed E-state index contributed by atoms with van der Waals surface area (Å²) in [7, 11) is 0. The first kappa shape index (κ1) is 62.7. The van der Waals surface area contributed by atoms with Crippen LogP contribution >= 0.6 is 0 Å². The van der Waals surface area contributed by atoms with Crippen LogP contribution in [-0.4, -0.2) is 102 Å². The first-order valence-electron chi connectivity index (χ1n) is 0. The molecule has 0 aromatic carbocycles. The van der Waals surface area contributed by atoms with Crippen molar-refractivity contribution in [2.24, 2.45) is 0 Å². The molecule has 0 fully saturated rings. The van der Waals surface area contributed by atoms with Gasteiger partial charge in [0.2, 0.25) is 0 Å². The van der Waals surface area contributed by atoms with Crippen molar-refractivity contribution in [2.45, 2.75) is 0 Å². The van der Waals surface area contributed by atoms with Crippen LogP contribution in [-0.2, 0) is 65.0 Å². The van der Waals surface area contributed by atoms with E-state index >= 15 is 0 Å². The van der Waals surface area contributed by atoms with Gasteiger partial charge >= 0.3 is 96.7 Å². The molecular formula is H10LaMnOPbSnSrTiZr. The Balaban J connectivity index is 0. The molecule has 4 radical (unpaired) electrons. The zero-order chi connectivity index (χ0) is 0. The van der Waals surface area contributed by atoms with Crippen LogP contribution in [0, 0.1) is 35.6 Å². The molecule has 0 atom stereocenters. The summed E-state index contributed by atoms with van der Waals surface area (Å²) in [6.45, 7) is 0. The molecular weight excluding hydrogens is 762 g/mol. The van der Waals surface area contributed by atoms with Gasteiger partial charge in [-0.05, 0) is 0 Å². The van der Waals surface area contributed by atoms with Crippen LogP contribution in [0.4, 0.5) is 0 Å². The second-order valence-electron chi connectivity index (χ2n) is 0. The fourth-order valence-electron chi connectivity index (χ4n) is 0. The monoisotopic (exact) mass is 774 g/mol. The van der Waals surface area contributed by atoms with E-state index in [1.807, 2.05) is 0 Å². The van der Waals surface area contributed by atoms with Gasteiger partial charge in [0.15, 0.2) is 0 Å². The molecule has 0 bridgehead atoms. The van der Waals surface area contributed by atoms with Gasteiger partial charge in [-0.15, -0.1) is 0 Å². The van der Waals surface area contributed by atoms with Gasteiger partial charge in [-0.1, -0.05) is 0 Å². The van der Waals surface area contributed by atoms with Gasteiger partial charge in [0.05, 0.1) is 0 Å². The van der Waals surface area contributed by atoms with E-state index in [9.17, 15) is 0 Å². The van der Waals surface area contributed by atoms with Crippen LogP contribution in [0.1, 0.15) is 0 Å². The van der Waals surface area contributed by atoms with Crippen molar-refractivity contribution in [3.8, 4) is 0 Å². The maximum absolute atomic E-state index is 0. The number of hydrogen-bond donors (Lipinski definition) is 0. The Bertz CT molecular complexity index is 24.0. The molecule has 0 unspecified atom stereocenters. The molecule has 8 heavy (non-hydrogen) atoms. The summed E-state index contributed by atoms with van der Waals surface area (Å²) in [5.74, 6) is 0.